The average molecular weight is 236 g/mol. The number of aliphatic hydroxyl groups is 1. The van der Waals surface area contributed by atoms with E-state index in [9.17, 15) is 19.5 Å². The van der Waals surface area contributed by atoms with Crippen LogP contribution in [0.4, 0.5) is 0 Å². The van der Waals surface area contributed by atoms with Crippen molar-refractivity contribution < 1.29 is 19.5 Å². The van der Waals surface area contributed by atoms with E-state index < -0.39 is 23.4 Å². The lowest BCUT2D eigenvalue weighted by molar-refractivity contribution is -0.188. The quantitative estimate of drug-likeness (QED) is 0.617. The third-order valence-corrected chi connectivity index (χ3v) is 5.44. The molecule has 92 valence electrons. The van der Waals surface area contributed by atoms with Crippen molar-refractivity contribution in [2.45, 2.75) is 32.8 Å². The molecule has 0 amide bonds. The van der Waals surface area contributed by atoms with Crippen LogP contribution in [0.25, 0.3) is 0 Å². The summed E-state index contributed by atoms with van der Waals surface area (Å²) in [4.78, 5) is 36.3. The lowest BCUT2D eigenvalue weighted by Gasteiger charge is -2.58. The van der Waals surface area contributed by atoms with Gasteiger partial charge in [-0.05, 0) is 25.2 Å². The zero-order chi connectivity index (χ0) is 12.5. The van der Waals surface area contributed by atoms with Crippen molar-refractivity contribution in [1.29, 1.82) is 0 Å². The van der Waals surface area contributed by atoms with Gasteiger partial charge in [-0.2, -0.15) is 0 Å². The summed E-state index contributed by atoms with van der Waals surface area (Å²) >= 11 is 0. The number of hydrogen-bond donors (Lipinski definition) is 1. The van der Waals surface area contributed by atoms with Crippen LogP contribution in [-0.2, 0) is 14.4 Å². The third-order valence-electron chi connectivity index (χ3n) is 5.44. The van der Waals surface area contributed by atoms with Gasteiger partial charge in [0.25, 0.3) is 0 Å². The van der Waals surface area contributed by atoms with E-state index in [0.717, 1.165) is 0 Å². The van der Waals surface area contributed by atoms with Gasteiger partial charge >= 0.3 is 0 Å². The average Bonchev–Trinajstić information content (AvgIpc) is 2.30. The molecule has 0 aromatic heterocycles. The van der Waals surface area contributed by atoms with E-state index in [2.05, 4.69) is 0 Å². The van der Waals surface area contributed by atoms with Gasteiger partial charge in [-0.25, -0.2) is 0 Å². The van der Waals surface area contributed by atoms with E-state index >= 15 is 0 Å². The maximum atomic E-state index is 12.3. The largest absolute Gasteiger partial charge is 0.385 e. The van der Waals surface area contributed by atoms with Crippen LogP contribution in [-0.4, -0.2) is 28.6 Å². The van der Waals surface area contributed by atoms with E-state index in [1.54, 1.807) is 6.92 Å². The van der Waals surface area contributed by atoms with Crippen molar-refractivity contribution in [1.82, 2.24) is 0 Å². The van der Waals surface area contributed by atoms with Gasteiger partial charge in [0.05, 0.1) is 11.3 Å². The van der Waals surface area contributed by atoms with Crippen LogP contribution in [0.15, 0.2) is 0 Å². The Balaban J connectivity index is 2.19. The van der Waals surface area contributed by atoms with Crippen molar-refractivity contribution in [2.24, 2.45) is 29.1 Å². The van der Waals surface area contributed by atoms with Crippen molar-refractivity contribution in [3.8, 4) is 0 Å². The Kier molecular flexibility index (Phi) is 1.99. The van der Waals surface area contributed by atoms with Crippen molar-refractivity contribution in [3.63, 3.8) is 0 Å². The van der Waals surface area contributed by atoms with Gasteiger partial charge in [0.1, 0.15) is 11.9 Å². The molecule has 4 rings (SSSR count). The Bertz CT molecular complexity index is 441. The molecule has 4 heteroatoms. The minimum absolute atomic E-state index is 0.0553. The minimum Gasteiger partial charge on any atom is -0.385 e. The molecule has 4 saturated carbocycles. The highest BCUT2D eigenvalue weighted by molar-refractivity contribution is 6.19. The molecule has 0 spiro atoms. The summed E-state index contributed by atoms with van der Waals surface area (Å²) in [6.07, 6.45) is 0.000880. The van der Waals surface area contributed by atoms with Crippen LogP contribution in [0.5, 0.6) is 0 Å². The number of carbonyl (C=O) groups is 3. The van der Waals surface area contributed by atoms with Crippen molar-refractivity contribution >= 4 is 17.3 Å². The monoisotopic (exact) mass is 236 g/mol. The Hall–Kier alpha value is -1.03. The molecule has 0 aliphatic heterocycles. The van der Waals surface area contributed by atoms with Crippen LogP contribution in [0.1, 0.15) is 26.7 Å². The zero-order valence-electron chi connectivity index (χ0n) is 9.97. The molecular weight excluding hydrogens is 220 g/mol. The molecule has 4 nitrogen and oxygen atoms in total. The van der Waals surface area contributed by atoms with Gasteiger partial charge in [0.2, 0.25) is 0 Å². The normalized spacial score (nSPS) is 53.1. The number of aliphatic hydroxyl groups excluding tert-OH is 1. The molecule has 4 aliphatic rings. The second kappa shape index (κ2) is 3.05. The molecule has 0 aromatic carbocycles. The highest BCUT2D eigenvalue weighted by Gasteiger charge is 2.69. The fraction of sp³-hybridized carbons (Fsp3) is 0.769. The summed E-state index contributed by atoms with van der Waals surface area (Å²) < 4.78 is 0. The van der Waals surface area contributed by atoms with E-state index in [1.807, 2.05) is 6.92 Å². The summed E-state index contributed by atoms with van der Waals surface area (Å²) in [5, 5.41) is 10.0. The summed E-state index contributed by atoms with van der Waals surface area (Å²) in [7, 11) is 0. The van der Waals surface area contributed by atoms with E-state index in [-0.39, 0.29) is 29.2 Å². The van der Waals surface area contributed by atoms with Crippen molar-refractivity contribution in [2.75, 3.05) is 0 Å². The predicted molar refractivity (Wildman–Crippen MR) is 58.0 cm³/mol. The number of carbonyl (C=O) groups excluding carboxylic acids is 3. The Morgan fingerprint density at radius 3 is 2.53 bits per heavy atom. The van der Waals surface area contributed by atoms with Gasteiger partial charge in [-0.1, -0.05) is 6.92 Å². The molecule has 6 unspecified atom stereocenters. The van der Waals surface area contributed by atoms with Gasteiger partial charge in [-0.15, -0.1) is 0 Å². The molecule has 4 aliphatic carbocycles. The zero-order valence-corrected chi connectivity index (χ0v) is 9.97. The smallest absolute Gasteiger partial charge is 0.175 e. The van der Waals surface area contributed by atoms with Gasteiger partial charge in [-0.3, -0.25) is 14.4 Å². The molecule has 1 N–H and O–H groups in total. The van der Waals surface area contributed by atoms with E-state index in [4.69, 9.17) is 0 Å². The van der Waals surface area contributed by atoms with Crippen LogP contribution in [0.3, 0.4) is 0 Å². The number of ketones is 3. The lowest BCUT2D eigenvalue weighted by atomic mass is 9.43. The maximum absolute atomic E-state index is 12.3. The fourth-order valence-electron chi connectivity index (χ4n) is 4.24. The predicted octanol–water partition coefficient (Wildman–Crippen LogP) is 0.367. The van der Waals surface area contributed by atoms with Gasteiger partial charge < -0.3 is 5.11 Å². The number of Topliss-reactive ketones (excluding diaryl/α,β-unsaturated/α-hetero) is 3. The first-order chi connectivity index (χ1) is 7.90. The van der Waals surface area contributed by atoms with E-state index in [1.165, 1.54) is 0 Å². The Morgan fingerprint density at radius 1 is 1.24 bits per heavy atom. The molecule has 6 atom stereocenters. The highest BCUT2D eigenvalue weighted by atomic mass is 16.3. The summed E-state index contributed by atoms with van der Waals surface area (Å²) in [5.41, 5.74) is -1.14. The van der Waals surface area contributed by atoms with Crippen LogP contribution in [0.2, 0.25) is 0 Å². The molecule has 17 heavy (non-hydrogen) atoms. The number of rotatable bonds is 0. The standard InChI is InChI=1S/C13H16O4/c1-5-6-3-4-7(14)9-8(6)10(15)12(17)13(5,2)11(9)16/h5-6,8-10,15H,3-4H2,1-2H3. The second-order valence-corrected chi connectivity index (χ2v) is 5.89. The molecule has 0 saturated heterocycles. The molecule has 0 radical (unpaired) electrons. The highest BCUT2D eigenvalue weighted by Crippen LogP contribution is 2.58. The Morgan fingerprint density at radius 2 is 1.88 bits per heavy atom. The second-order valence-electron chi connectivity index (χ2n) is 5.89. The summed E-state index contributed by atoms with van der Waals surface area (Å²) in [6.45, 7) is 3.52. The molecule has 4 bridgehead atoms. The van der Waals surface area contributed by atoms with Crippen LogP contribution < -0.4 is 0 Å². The minimum atomic E-state index is -1.14. The molecular formula is C13H16O4. The first-order valence-corrected chi connectivity index (χ1v) is 6.20. The van der Waals surface area contributed by atoms with Crippen molar-refractivity contribution in [3.05, 3.63) is 0 Å². The SMILES string of the molecule is CC1C2CCC(=O)C3C(=O)C1(C)C(=O)C(O)C32. The van der Waals surface area contributed by atoms with Crippen LogP contribution >= 0.6 is 0 Å². The lowest BCUT2D eigenvalue weighted by Crippen LogP contribution is -2.70. The third kappa shape index (κ3) is 1.01. The first kappa shape index (κ1) is 11.1. The first-order valence-electron chi connectivity index (χ1n) is 6.20. The maximum Gasteiger partial charge on any atom is 0.175 e. The Labute approximate surface area is 99.4 Å². The number of fused-ring (bicyclic) bond motifs is 1. The van der Waals surface area contributed by atoms with Gasteiger partial charge in [0, 0.05) is 12.3 Å². The van der Waals surface area contributed by atoms with Crippen LogP contribution in [0, 0.1) is 29.1 Å². The molecule has 4 fully saturated rings. The number of hydrogen-bond acceptors (Lipinski definition) is 4. The molecule has 0 aromatic rings. The summed E-state index contributed by atoms with van der Waals surface area (Å²) in [5.74, 6) is -1.79. The van der Waals surface area contributed by atoms with Gasteiger partial charge in [0.15, 0.2) is 11.6 Å². The topological polar surface area (TPSA) is 71.4 Å². The fourth-order valence-corrected chi connectivity index (χ4v) is 4.24. The molecule has 0 heterocycles. The summed E-state index contributed by atoms with van der Waals surface area (Å²) in [6, 6.07) is 0. The van der Waals surface area contributed by atoms with E-state index in [0.29, 0.717) is 12.8 Å².